The normalized spacial score (nSPS) is 19.7. The second-order valence-electron chi connectivity index (χ2n) is 4.56. The second-order valence-corrected chi connectivity index (χ2v) is 7.97. The Morgan fingerprint density at radius 2 is 2.35 bits per heavy atom. The molecule has 0 radical (unpaired) electrons. The van der Waals surface area contributed by atoms with Crippen molar-refractivity contribution in [2.45, 2.75) is 30.0 Å². The molecule has 5 nitrogen and oxygen atoms in total. The van der Waals surface area contributed by atoms with Crippen LogP contribution in [0.25, 0.3) is 0 Å². The molecule has 0 aromatic carbocycles. The number of rotatable bonds is 4. The van der Waals surface area contributed by atoms with Crippen molar-refractivity contribution in [2.75, 3.05) is 13.1 Å². The van der Waals surface area contributed by atoms with Crippen molar-refractivity contribution in [3.05, 3.63) is 17.0 Å². The van der Waals surface area contributed by atoms with Crippen molar-refractivity contribution in [1.29, 1.82) is 0 Å². The molecule has 2 rings (SSSR count). The van der Waals surface area contributed by atoms with E-state index in [-0.39, 0.29) is 16.7 Å². The summed E-state index contributed by atoms with van der Waals surface area (Å²) >= 11 is 1.22. The predicted octanol–water partition coefficient (Wildman–Crippen LogP) is 0.959. The zero-order valence-corrected chi connectivity index (χ0v) is 12.8. The first-order valence-corrected chi connectivity index (χ1v) is 8.52. The number of carbonyl (C=O) groups excluding carboxylic acids is 1. The van der Waals surface area contributed by atoms with E-state index in [4.69, 9.17) is 6.42 Å². The molecular formula is C13H16N2O3S2. The molecule has 1 aliphatic heterocycles. The highest BCUT2D eigenvalue weighted by Gasteiger charge is 2.39. The number of hydrogen-bond donors (Lipinski definition) is 1. The number of hydrogen-bond acceptors (Lipinski definition) is 4. The Morgan fingerprint density at radius 1 is 1.60 bits per heavy atom. The lowest BCUT2D eigenvalue weighted by atomic mass is 10.2. The fourth-order valence-electron chi connectivity index (χ4n) is 2.21. The molecule has 1 amide bonds. The van der Waals surface area contributed by atoms with Crippen molar-refractivity contribution in [3.8, 4) is 12.3 Å². The van der Waals surface area contributed by atoms with Gasteiger partial charge in [0.2, 0.25) is 5.91 Å². The van der Waals surface area contributed by atoms with E-state index >= 15 is 0 Å². The number of thiophene rings is 1. The van der Waals surface area contributed by atoms with Gasteiger partial charge in [-0.1, -0.05) is 5.92 Å². The van der Waals surface area contributed by atoms with Crippen LogP contribution >= 0.6 is 11.3 Å². The third-order valence-corrected chi connectivity index (χ3v) is 6.53. The lowest BCUT2D eigenvalue weighted by Crippen LogP contribution is -2.45. The Hall–Kier alpha value is -1.36. The van der Waals surface area contributed by atoms with Crippen LogP contribution in [0.4, 0.5) is 0 Å². The Kier molecular flexibility index (Phi) is 4.48. The monoisotopic (exact) mass is 312 g/mol. The van der Waals surface area contributed by atoms with Gasteiger partial charge in [0, 0.05) is 11.4 Å². The number of nitrogens with zero attached hydrogens (tertiary/aromatic N) is 1. The maximum Gasteiger partial charge on any atom is 0.253 e. The van der Waals surface area contributed by atoms with Gasteiger partial charge in [-0.15, -0.1) is 17.8 Å². The summed E-state index contributed by atoms with van der Waals surface area (Å²) < 4.78 is 26.7. The first-order chi connectivity index (χ1) is 9.46. The molecule has 2 heterocycles. The van der Waals surface area contributed by atoms with Gasteiger partial charge >= 0.3 is 0 Å². The van der Waals surface area contributed by atoms with E-state index in [9.17, 15) is 13.2 Å². The number of amides is 1. The van der Waals surface area contributed by atoms with Gasteiger partial charge in [-0.2, -0.15) is 4.31 Å². The van der Waals surface area contributed by atoms with Crippen LogP contribution in [-0.2, 0) is 14.8 Å². The summed E-state index contributed by atoms with van der Waals surface area (Å²) in [6, 6.07) is 2.70. The highest BCUT2D eigenvalue weighted by atomic mass is 32.2. The molecule has 1 N–H and O–H groups in total. The topological polar surface area (TPSA) is 66.5 Å². The van der Waals surface area contributed by atoms with Crippen LogP contribution in [0.15, 0.2) is 16.3 Å². The average molecular weight is 312 g/mol. The molecule has 0 saturated carbocycles. The fraction of sp³-hybridized carbons (Fsp3) is 0.462. The number of aryl methyl sites for hydroxylation is 1. The Balaban J connectivity index is 2.22. The van der Waals surface area contributed by atoms with Crippen LogP contribution in [0.3, 0.4) is 0 Å². The van der Waals surface area contributed by atoms with Gasteiger partial charge in [0.05, 0.1) is 6.54 Å². The van der Waals surface area contributed by atoms with Gasteiger partial charge in [0.1, 0.15) is 10.3 Å². The highest BCUT2D eigenvalue weighted by molar-refractivity contribution is 7.91. The molecule has 0 aliphatic carbocycles. The molecular weight excluding hydrogens is 296 g/mol. The Bertz CT molecular complexity index is 643. The van der Waals surface area contributed by atoms with Crippen molar-refractivity contribution in [1.82, 2.24) is 9.62 Å². The molecule has 108 valence electrons. The standard InChI is InChI=1S/C13H16N2O3S2/c1-3-8-14-13(16)11-5-4-9-15(11)20(17,18)12-7-6-10(2)19-12/h1,6-7,11H,4-5,8-9H2,2H3,(H,14,16). The predicted molar refractivity (Wildman–Crippen MR) is 77.8 cm³/mol. The van der Waals surface area contributed by atoms with Crippen LogP contribution in [0.1, 0.15) is 17.7 Å². The van der Waals surface area contributed by atoms with Gasteiger partial charge in [0.15, 0.2) is 0 Å². The lowest BCUT2D eigenvalue weighted by Gasteiger charge is -2.22. The fourth-order valence-corrected chi connectivity index (χ4v) is 5.28. The smallest absolute Gasteiger partial charge is 0.253 e. The second kappa shape index (κ2) is 5.95. The summed E-state index contributed by atoms with van der Waals surface area (Å²) in [5.41, 5.74) is 0. The van der Waals surface area contributed by atoms with Gasteiger partial charge in [0.25, 0.3) is 10.0 Å². The summed E-state index contributed by atoms with van der Waals surface area (Å²) in [4.78, 5) is 12.9. The average Bonchev–Trinajstić information content (AvgIpc) is 3.04. The van der Waals surface area contributed by atoms with Crippen molar-refractivity contribution in [2.24, 2.45) is 0 Å². The molecule has 1 unspecified atom stereocenters. The lowest BCUT2D eigenvalue weighted by molar-refractivity contribution is -0.123. The summed E-state index contributed by atoms with van der Waals surface area (Å²) in [7, 11) is -3.60. The highest BCUT2D eigenvalue weighted by Crippen LogP contribution is 2.30. The molecule has 1 aromatic heterocycles. The van der Waals surface area contributed by atoms with Crippen LogP contribution in [0.5, 0.6) is 0 Å². The van der Waals surface area contributed by atoms with Gasteiger partial charge in [-0.25, -0.2) is 8.42 Å². The Labute approximate surface area is 123 Å². The summed E-state index contributed by atoms with van der Waals surface area (Å²) in [5.74, 6) is 1.99. The van der Waals surface area contributed by atoms with Crippen molar-refractivity contribution < 1.29 is 13.2 Å². The first kappa shape index (κ1) is 15.0. The zero-order valence-electron chi connectivity index (χ0n) is 11.1. The summed E-state index contributed by atoms with van der Waals surface area (Å²) in [6.07, 6.45) is 6.30. The van der Waals surface area contributed by atoms with Crippen LogP contribution in [0.2, 0.25) is 0 Å². The van der Waals surface area contributed by atoms with E-state index < -0.39 is 16.1 Å². The molecule has 1 aliphatic rings. The molecule has 0 bridgehead atoms. The third-order valence-electron chi connectivity index (χ3n) is 3.15. The van der Waals surface area contributed by atoms with Crippen LogP contribution < -0.4 is 5.32 Å². The SMILES string of the molecule is C#CCNC(=O)C1CCCN1S(=O)(=O)c1ccc(C)s1. The minimum Gasteiger partial charge on any atom is -0.344 e. The van der Waals surface area contributed by atoms with E-state index in [0.717, 1.165) is 4.88 Å². The van der Waals surface area contributed by atoms with Crippen LogP contribution in [0, 0.1) is 19.3 Å². The van der Waals surface area contributed by atoms with E-state index in [1.807, 2.05) is 6.92 Å². The maximum absolute atomic E-state index is 12.6. The van der Waals surface area contributed by atoms with Gasteiger partial charge in [-0.3, -0.25) is 4.79 Å². The van der Waals surface area contributed by atoms with E-state index in [2.05, 4.69) is 11.2 Å². The molecule has 1 fully saturated rings. The first-order valence-electron chi connectivity index (χ1n) is 6.26. The molecule has 7 heteroatoms. The van der Waals surface area contributed by atoms with E-state index in [1.165, 1.54) is 15.6 Å². The number of terminal acetylenes is 1. The Morgan fingerprint density at radius 3 is 2.95 bits per heavy atom. The number of carbonyl (C=O) groups is 1. The van der Waals surface area contributed by atoms with Gasteiger partial charge < -0.3 is 5.32 Å². The van der Waals surface area contributed by atoms with Crippen LogP contribution in [-0.4, -0.2) is 37.8 Å². The largest absolute Gasteiger partial charge is 0.344 e. The minimum absolute atomic E-state index is 0.112. The third kappa shape index (κ3) is 2.87. The van der Waals surface area contributed by atoms with E-state index in [1.54, 1.807) is 12.1 Å². The van der Waals surface area contributed by atoms with Crippen molar-refractivity contribution >= 4 is 27.3 Å². The number of nitrogens with one attached hydrogen (secondary N) is 1. The van der Waals surface area contributed by atoms with Crippen molar-refractivity contribution in [3.63, 3.8) is 0 Å². The minimum atomic E-state index is -3.60. The molecule has 1 aromatic rings. The molecule has 1 saturated heterocycles. The van der Waals surface area contributed by atoms with Gasteiger partial charge in [-0.05, 0) is 31.9 Å². The molecule has 20 heavy (non-hydrogen) atoms. The quantitative estimate of drug-likeness (QED) is 0.842. The maximum atomic E-state index is 12.6. The number of sulfonamides is 1. The zero-order chi connectivity index (χ0) is 14.8. The summed E-state index contributed by atoms with van der Waals surface area (Å²) in [5, 5.41) is 2.56. The summed E-state index contributed by atoms with van der Waals surface area (Å²) in [6.45, 7) is 2.33. The molecule has 0 spiro atoms. The van der Waals surface area contributed by atoms with E-state index in [0.29, 0.717) is 19.4 Å². The molecule has 1 atom stereocenters.